The Hall–Kier alpha value is -3.43. The summed E-state index contributed by atoms with van der Waals surface area (Å²) in [5.41, 5.74) is 1.25. The molecule has 0 heterocycles. The molecule has 0 atom stereocenters. The van der Waals surface area contributed by atoms with Crippen molar-refractivity contribution >= 4 is 37.3 Å². The summed E-state index contributed by atoms with van der Waals surface area (Å²) in [4.78, 5) is 12.9. The van der Waals surface area contributed by atoms with Crippen molar-refractivity contribution in [2.75, 3.05) is 0 Å². The lowest BCUT2D eigenvalue weighted by Crippen LogP contribution is -2.29. The van der Waals surface area contributed by atoms with Crippen LogP contribution in [0.2, 0.25) is 0 Å². The van der Waals surface area contributed by atoms with Crippen molar-refractivity contribution in [3.63, 3.8) is 0 Å². The molecule has 0 saturated carbocycles. The number of carbonyl (C=O) groups is 1. The van der Waals surface area contributed by atoms with Gasteiger partial charge in [-0.15, -0.1) is 0 Å². The zero-order chi connectivity index (χ0) is 23.6. The summed E-state index contributed by atoms with van der Waals surface area (Å²) in [5.74, 6) is -0.575. The van der Waals surface area contributed by atoms with Gasteiger partial charge in [-0.2, -0.15) is 25.6 Å². The Bertz CT molecular complexity index is 1490. The number of sulfonamides is 2. The van der Waals surface area contributed by atoms with E-state index >= 15 is 0 Å². The Balaban J connectivity index is 1.82. The maximum atomic E-state index is 13.0. The molecule has 168 valence electrons. The normalized spacial score (nSPS) is 16.7. The van der Waals surface area contributed by atoms with E-state index in [1.165, 1.54) is 30.3 Å². The number of fused-ring (bicyclic) bond motifs is 1. The number of benzene rings is 3. The Morgan fingerprint density at radius 3 is 1.79 bits per heavy atom. The molecule has 0 aromatic heterocycles. The number of hydrogen-bond donors (Lipinski definition) is 0. The number of rotatable bonds is 5. The van der Waals surface area contributed by atoms with E-state index in [1.807, 2.05) is 6.92 Å². The highest BCUT2D eigenvalue weighted by atomic mass is 32.2. The van der Waals surface area contributed by atoms with Crippen LogP contribution in [0.5, 0.6) is 0 Å². The van der Waals surface area contributed by atoms with E-state index in [1.54, 1.807) is 48.5 Å². The van der Waals surface area contributed by atoms with E-state index in [0.717, 1.165) is 12.0 Å². The fourth-order valence-electron chi connectivity index (χ4n) is 3.46. The standard InChI is InChI=1S/C24H20N2O5S2/c1-2-17-12-14-19(15-13-17)33(30,31)25-22-16-23(24(27)21-11-7-6-10-20(21)22)26-32(28,29)18-8-4-3-5-9-18/h3-15H,2,16H2,1H3. The highest BCUT2D eigenvalue weighted by molar-refractivity contribution is 7.90. The van der Waals surface area contributed by atoms with Gasteiger partial charge in [-0.25, -0.2) is 0 Å². The molecule has 0 unspecified atom stereocenters. The van der Waals surface area contributed by atoms with Crippen LogP contribution in [0.1, 0.15) is 34.8 Å². The molecular formula is C24H20N2O5S2. The van der Waals surface area contributed by atoms with Crippen molar-refractivity contribution in [1.82, 2.24) is 0 Å². The summed E-state index contributed by atoms with van der Waals surface area (Å²) in [6, 6.07) is 20.3. The highest BCUT2D eigenvalue weighted by Gasteiger charge is 2.31. The average molecular weight is 481 g/mol. The third-order valence-corrected chi connectivity index (χ3v) is 7.87. The summed E-state index contributed by atoms with van der Waals surface area (Å²) in [7, 11) is -8.25. The monoisotopic (exact) mass is 480 g/mol. The minimum atomic E-state index is -4.16. The van der Waals surface area contributed by atoms with Gasteiger partial charge in [0.05, 0.1) is 15.5 Å². The summed E-state index contributed by atoms with van der Waals surface area (Å²) in [5, 5.41) is 0. The maximum Gasteiger partial charge on any atom is 0.282 e. The largest absolute Gasteiger partial charge is 0.287 e. The summed E-state index contributed by atoms with van der Waals surface area (Å²) >= 11 is 0. The lowest BCUT2D eigenvalue weighted by Gasteiger charge is -2.18. The van der Waals surface area contributed by atoms with Crippen LogP contribution in [0.3, 0.4) is 0 Å². The Morgan fingerprint density at radius 1 is 0.667 bits per heavy atom. The predicted octanol–water partition coefficient (Wildman–Crippen LogP) is 3.84. The first kappa shape index (κ1) is 22.8. The van der Waals surface area contributed by atoms with E-state index in [4.69, 9.17) is 0 Å². The molecule has 0 N–H and O–H groups in total. The zero-order valence-corrected chi connectivity index (χ0v) is 19.3. The van der Waals surface area contributed by atoms with Crippen molar-refractivity contribution in [3.8, 4) is 0 Å². The predicted molar refractivity (Wildman–Crippen MR) is 126 cm³/mol. The fraction of sp³-hybridized carbons (Fsp3) is 0.125. The first-order valence-corrected chi connectivity index (χ1v) is 13.0. The van der Waals surface area contributed by atoms with Crippen LogP contribution in [0.15, 0.2) is 97.4 Å². The maximum absolute atomic E-state index is 13.0. The molecule has 9 heteroatoms. The second kappa shape index (κ2) is 8.84. The summed E-state index contributed by atoms with van der Waals surface area (Å²) in [6.45, 7) is 1.96. The van der Waals surface area contributed by atoms with Crippen molar-refractivity contribution < 1.29 is 21.6 Å². The van der Waals surface area contributed by atoms with E-state index in [9.17, 15) is 21.6 Å². The van der Waals surface area contributed by atoms with Gasteiger partial charge in [0.15, 0.2) is 0 Å². The number of nitrogens with zero attached hydrogens (tertiary/aromatic N) is 2. The minimum Gasteiger partial charge on any atom is -0.287 e. The lowest BCUT2D eigenvalue weighted by molar-refractivity contribution is 0.106. The fourth-order valence-corrected chi connectivity index (χ4v) is 5.55. The van der Waals surface area contributed by atoms with E-state index in [2.05, 4.69) is 8.80 Å². The molecule has 3 aromatic rings. The zero-order valence-electron chi connectivity index (χ0n) is 17.7. The molecule has 0 bridgehead atoms. The van der Waals surface area contributed by atoms with Gasteiger partial charge in [0, 0.05) is 17.5 Å². The second-order valence-electron chi connectivity index (χ2n) is 7.39. The van der Waals surface area contributed by atoms with Gasteiger partial charge >= 0.3 is 0 Å². The first-order chi connectivity index (χ1) is 15.7. The van der Waals surface area contributed by atoms with Gasteiger partial charge in [-0.3, -0.25) is 4.79 Å². The third kappa shape index (κ3) is 4.69. The molecule has 0 spiro atoms. The van der Waals surface area contributed by atoms with Crippen LogP contribution in [-0.4, -0.2) is 34.0 Å². The van der Waals surface area contributed by atoms with E-state index in [-0.39, 0.29) is 33.2 Å². The van der Waals surface area contributed by atoms with Crippen molar-refractivity contribution in [3.05, 3.63) is 95.6 Å². The quantitative estimate of drug-likeness (QED) is 0.551. The molecule has 0 radical (unpaired) electrons. The topological polar surface area (TPSA) is 110 Å². The van der Waals surface area contributed by atoms with Gasteiger partial charge in [0.2, 0.25) is 5.78 Å². The van der Waals surface area contributed by atoms with Crippen molar-refractivity contribution in [1.29, 1.82) is 0 Å². The summed E-state index contributed by atoms with van der Waals surface area (Å²) in [6.07, 6.45) is 0.439. The van der Waals surface area contributed by atoms with Crippen LogP contribution in [0.25, 0.3) is 0 Å². The first-order valence-electron chi connectivity index (χ1n) is 10.2. The molecule has 0 amide bonds. The molecule has 33 heavy (non-hydrogen) atoms. The SMILES string of the molecule is CCc1ccc(S(=O)(=O)N=C2CC(=NS(=O)(=O)c3ccccc3)C(=O)c3ccccc32)cc1. The molecular weight excluding hydrogens is 460 g/mol. The molecule has 0 saturated heterocycles. The second-order valence-corrected chi connectivity index (χ2v) is 10.6. The molecule has 1 aliphatic rings. The number of ketones is 1. The van der Waals surface area contributed by atoms with Crippen molar-refractivity contribution in [2.45, 2.75) is 29.6 Å². The van der Waals surface area contributed by atoms with Gasteiger partial charge in [-0.1, -0.05) is 61.5 Å². The minimum absolute atomic E-state index is 0.0111. The number of carbonyl (C=O) groups excluding carboxylic acids is 1. The molecule has 0 fully saturated rings. The third-order valence-electron chi connectivity index (χ3n) is 5.21. The molecule has 7 nitrogen and oxygen atoms in total. The Kier molecular flexibility index (Phi) is 6.09. The van der Waals surface area contributed by atoms with Gasteiger partial charge < -0.3 is 0 Å². The summed E-state index contributed by atoms with van der Waals surface area (Å²) < 4.78 is 59.2. The molecule has 4 rings (SSSR count). The molecule has 1 aliphatic carbocycles. The molecule has 0 aliphatic heterocycles. The van der Waals surface area contributed by atoms with E-state index in [0.29, 0.717) is 5.56 Å². The lowest BCUT2D eigenvalue weighted by atomic mass is 9.88. The van der Waals surface area contributed by atoms with Crippen LogP contribution in [0, 0.1) is 0 Å². The smallest absolute Gasteiger partial charge is 0.282 e. The Morgan fingerprint density at radius 2 is 1.18 bits per heavy atom. The highest BCUT2D eigenvalue weighted by Crippen LogP contribution is 2.25. The number of aryl methyl sites for hydroxylation is 1. The van der Waals surface area contributed by atoms with Crippen LogP contribution in [-0.2, 0) is 26.5 Å². The average Bonchev–Trinajstić information content (AvgIpc) is 2.82. The van der Waals surface area contributed by atoms with Gasteiger partial charge in [-0.05, 0) is 36.2 Å². The van der Waals surface area contributed by atoms with Crippen LogP contribution >= 0.6 is 0 Å². The van der Waals surface area contributed by atoms with Crippen LogP contribution in [0.4, 0.5) is 0 Å². The van der Waals surface area contributed by atoms with Crippen molar-refractivity contribution in [2.24, 2.45) is 8.80 Å². The van der Waals surface area contributed by atoms with Crippen LogP contribution < -0.4 is 0 Å². The Labute approximate surface area is 192 Å². The number of Topliss-reactive ketones (excluding diaryl/α,β-unsaturated/α-hetero) is 1. The molecule has 3 aromatic carbocycles. The van der Waals surface area contributed by atoms with Gasteiger partial charge in [0.25, 0.3) is 20.0 Å². The van der Waals surface area contributed by atoms with E-state index < -0.39 is 25.8 Å². The van der Waals surface area contributed by atoms with Gasteiger partial charge in [0.1, 0.15) is 5.71 Å². The number of hydrogen-bond acceptors (Lipinski definition) is 5.